The highest BCUT2D eigenvalue weighted by Crippen LogP contribution is 2.49. The zero-order valence-corrected chi connectivity index (χ0v) is 12.5. The Labute approximate surface area is 121 Å². The van der Waals surface area contributed by atoms with Gasteiger partial charge in [-0.1, -0.05) is 47.6 Å². The molecule has 1 saturated carbocycles. The molecule has 2 aliphatic carbocycles. The molecule has 4 rings (SSSR count). The van der Waals surface area contributed by atoms with Gasteiger partial charge in [0, 0.05) is 24.0 Å². The molecule has 1 aliphatic heterocycles. The third-order valence-electron chi connectivity index (χ3n) is 4.98. The first kappa shape index (κ1) is 12.1. The fraction of sp³-hybridized carbons (Fsp3) is 0.421. The van der Waals surface area contributed by atoms with Crippen molar-refractivity contribution >= 4 is 11.8 Å². The van der Waals surface area contributed by atoms with Gasteiger partial charge in [-0.3, -0.25) is 4.99 Å². The van der Waals surface area contributed by atoms with Crippen molar-refractivity contribution in [3.05, 3.63) is 52.6 Å². The molecule has 0 radical (unpaired) electrons. The predicted molar refractivity (Wildman–Crippen MR) is 85.2 cm³/mol. The molecule has 0 saturated heterocycles. The molecular weight excluding hydrogens is 242 g/mol. The van der Waals surface area contributed by atoms with Gasteiger partial charge < -0.3 is 0 Å². The molecule has 2 atom stereocenters. The van der Waals surface area contributed by atoms with Crippen LogP contribution in [0.1, 0.15) is 50.7 Å². The number of fused-ring (bicyclic) bond motifs is 4. The average Bonchev–Trinajstić information content (AvgIpc) is 2.72. The van der Waals surface area contributed by atoms with Crippen LogP contribution in [0.3, 0.4) is 0 Å². The van der Waals surface area contributed by atoms with E-state index in [9.17, 15) is 0 Å². The van der Waals surface area contributed by atoms with E-state index in [0.717, 1.165) is 6.42 Å². The van der Waals surface area contributed by atoms with Gasteiger partial charge in [0.05, 0.1) is 5.54 Å². The summed E-state index contributed by atoms with van der Waals surface area (Å²) in [5.41, 5.74) is 7.43. The highest BCUT2D eigenvalue weighted by atomic mass is 14.9. The number of hydrogen-bond acceptors (Lipinski definition) is 1. The molecule has 0 spiro atoms. The Morgan fingerprint density at radius 3 is 2.80 bits per heavy atom. The van der Waals surface area contributed by atoms with Crippen LogP contribution in [0.15, 0.2) is 46.5 Å². The normalized spacial score (nSPS) is 29.6. The summed E-state index contributed by atoms with van der Waals surface area (Å²) >= 11 is 0. The van der Waals surface area contributed by atoms with E-state index in [2.05, 4.69) is 57.2 Å². The standard InChI is InChI=1S/C19H21N/c1-12-11-19(2,3)20-18-9-14-8-13-6-4-5-7-15(13)17(14)10-16(12)18/h4-8,11,16-17H,9-10H2,1-3H3. The molecule has 1 aromatic rings. The van der Waals surface area contributed by atoms with Gasteiger partial charge in [0.2, 0.25) is 0 Å². The van der Waals surface area contributed by atoms with E-state index < -0.39 is 0 Å². The van der Waals surface area contributed by atoms with Crippen LogP contribution in [0.5, 0.6) is 0 Å². The Kier molecular flexibility index (Phi) is 2.39. The smallest absolute Gasteiger partial charge is 0.0734 e. The molecule has 1 fully saturated rings. The van der Waals surface area contributed by atoms with Crippen molar-refractivity contribution in [2.45, 2.75) is 45.1 Å². The molecule has 0 amide bonds. The highest BCUT2D eigenvalue weighted by Gasteiger charge is 2.38. The van der Waals surface area contributed by atoms with E-state index in [1.165, 1.54) is 28.8 Å². The van der Waals surface area contributed by atoms with Gasteiger partial charge in [-0.2, -0.15) is 0 Å². The van der Waals surface area contributed by atoms with Gasteiger partial charge >= 0.3 is 0 Å². The van der Waals surface area contributed by atoms with Crippen LogP contribution in [0.25, 0.3) is 6.08 Å². The van der Waals surface area contributed by atoms with Crippen LogP contribution in [-0.2, 0) is 0 Å². The van der Waals surface area contributed by atoms with Crippen molar-refractivity contribution < 1.29 is 0 Å². The minimum atomic E-state index is -0.0191. The summed E-state index contributed by atoms with van der Waals surface area (Å²) in [6, 6.07) is 8.87. The van der Waals surface area contributed by atoms with Gasteiger partial charge in [0.25, 0.3) is 0 Å². The number of benzene rings is 1. The maximum absolute atomic E-state index is 5.01. The second kappa shape index (κ2) is 3.94. The van der Waals surface area contributed by atoms with E-state index in [-0.39, 0.29) is 5.54 Å². The Morgan fingerprint density at radius 1 is 1.15 bits per heavy atom. The zero-order chi connectivity index (χ0) is 13.9. The van der Waals surface area contributed by atoms with Gasteiger partial charge in [-0.05, 0) is 38.3 Å². The maximum Gasteiger partial charge on any atom is 0.0734 e. The minimum absolute atomic E-state index is 0.0191. The topological polar surface area (TPSA) is 12.4 Å². The fourth-order valence-electron chi connectivity index (χ4n) is 4.24. The molecule has 1 heteroatoms. The second-order valence-corrected chi connectivity index (χ2v) is 7.01. The second-order valence-electron chi connectivity index (χ2n) is 7.01. The SMILES string of the molecule is CC1=CC(C)(C)N=C2CC3=Cc4ccccc4C3CC12. The van der Waals surface area contributed by atoms with E-state index in [1.807, 2.05) is 0 Å². The van der Waals surface area contributed by atoms with E-state index in [4.69, 9.17) is 4.99 Å². The Balaban J connectivity index is 1.76. The Bertz CT molecular complexity index is 673. The molecule has 0 bridgehead atoms. The van der Waals surface area contributed by atoms with Crippen molar-refractivity contribution in [1.29, 1.82) is 0 Å². The zero-order valence-electron chi connectivity index (χ0n) is 12.5. The number of nitrogens with zero attached hydrogens (tertiary/aromatic N) is 1. The molecular formula is C19H21N. The molecule has 0 aromatic heterocycles. The first-order valence-electron chi connectivity index (χ1n) is 7.61. The van der Waals surface area contributed by atoms with E-state index in [0.29, 0.717) is 11.8 Å². The van der Waals surface area contributed by atoms with Crippen LogP contribution in [0.4, 0.5) is 0 Å². The van der Waals surface area contributed by atoms with Gasteiger partial charge in [-0.25, -0.2) is 0 Å². The molecule has 2 unspecified atom stereocenters. The summed E-state index contributed by atoms with van der Waals surface area (Å²) in [6.45, 7) is 6.71. The molecule has 1 aromatic carbocycles. The lowest BCUT2D eigenvalue weighted by Gasteiger charge is -2.37. The van der Waals surface area contributed by atoms with Gasteiger partial charge in [-0.15, -0.1) is 0 Å². The lowest BCUT2D eigenvalue weighted by atomic mass is 9.71. The maximum atomic E-state index is 5.01. The minimum Gasteiger partial charge on any atom is -0.283 e. The summed E-state index contributed by atoms with van der Waals surface area (Å²) in [5.74, 6) is 1.19. The molecule has 1 heterocycles. The Hall–Kier alpha value is -1.63. The van der Waals surface area contributed by atoms with Crippen molar-refractivity contribution in [3.8, 4) is 0 Å². The average molecular weight is 263 g/mol. The quantitative estimate of drug-likeness (QED) is 0.599. The first-order chi connectivity index (χ1) is 9.53. The van der Waals surface area contributed by atoms with E-state index in [1.54, 1.807) is 5.57 Å². The summed E-state index contributed by atoms with van der Waals surface area (Å²) in [5, 5.41) is 0. The highest BCUT2D eigenvalue weighted by molar-refractivity contribution is 5.95. The van der Waals surface area contributed by atoms with Crippen LogP contribution in [0.2, 0.25) is 0 Å². The number of dihydropyridines is 1. The summed E-state index contributed by atoms with van der Waals surface area (Å²) in [4.78, 5) is 5.01. The van der Waals surface area contributed by atoms with Crippen molar-refractivity contribution in [2.24, 2.45) is 10.9 Å². The predicted octanol–water partition coefficient (Wildman–Crippen LogP) is 4.76. The largest absolute Gasteiger partial charge is 0.283 e. The van der Waals surface area contributed by atoms with Crippen LogP contribution in [0, 0.1) is 5.92 Å². The lowest BCUT2D eigenvalue weighted by molar-refractivity contribution is 0.540. The summed E-state index contributed by atoms with van der Waals surface area (Å²) in [7, 11) is 0. The molecule has 0 N–H and O–H groups in total. The van der Waals surface area contributed by atoms with Gasteiger partial charge in [0.1, 0.15) is 0 Å². The molecule has 3 aliphatic rings. The van der Waals surface area contributed by atoms with Crippen molar-refractivity contribution in [3.63, 3.8) is 0 Å². The van der Waals surface area contributed by atoms with Crippen LogP contribution < -0.4 is 0 Å². The summed E-state index contributed by atoms with van der Waals surface area (Å²) < 4.78 is 0. The number of rotatable bonds is 0. The van der Waals surface area contributed by atoms with E-state index >= 15 is 0 Å². The lowest BCUT2D eigenvalue weighted by Crippen LogP contribution is -2.33. The molecule has 1 nitrogen and oxygen atoms in total. The number of aliphatic imine (C=N–C) groups is 1. The number of allylic oxidation sites excluding steroid dienone is 2. The third-order valence-corrected chi connectivity index (χ3v) is 4.98. The first-order valence-corrected chi connectivity index (χ1v) is 7.61. The fourth-order valence-corrected chi connectivity index (χ4v) is 4.24. The number of hydrogen-bond donors (Lipinski definition) is 0. The van der Waals surface area contributed by atoms with Crippen LogP contribution >= 0.6 is 0 Å². The molecule has 20 heavy (non-hydrogen) atoms. The van der Waals surface area contributed by atoms with Crippen molar-refractivity contribution in [2.75, 3.05) is 0 Å². The molecule has 102 valence electrons. The Morgan fingerprint density at radius 2 is 1.95 bits per heavy atom. The van der Waals surface area contributed by atoms with Crippen molar-refractivity contribution in [1.82, 2.24) is 0 Å². The van der Waals surface area contributed by atoms with Gasteiger partial charge in [0.15, 0.2) is 0 Å². The monoisotopic (exact) mass is 263 g/mol. The van der Waals surface area contributed by atoms with Crippen LogP contribution in [-0.4, -0.2) is 11.3 Å². The summed E-state index contributed by atoms with van der Waals surface area (Å²) in [6.07, 6.45) is 7.04. The third kappa shape index (κ3) is 1.72.